The number of benzene rings is 1. The first-order chi connectivity index (χ1) is 11.2. The lowest BCUT2D eigenvalue weighted by molar-refractivity contribution is 0.0320. The average molecular weight is 334 g/mol. The Morgan fingerprint density at radius 3 is 2.17 bits per heavy atom. The predicted molar refractivity (Wildman–Crippen MR) is 98.4 cm³/mol. The molecule has 1 aliphatic heterocycles. The van der Waals surface area contributed by atoms with Gasteiger partial charge in [-0.1, -0.05) is 0 Å². The molecular weight excluding hydrogens is 304 g/mol. The number of ether oxygens (including phenoxy) is 1. The van der Waals surface area contributed by atoms with Crippen molar-refractivity contribution in [3.63, 3.8) is 0 Å². The summed E-state index contributed by atoms with van der Waals surface area (Å²) in [6, 6.07) is 8.93. The first kappa shape index (κ1) is 18.4. The Hall–Kier alpha value is -1.95. The first-order valence-electron chi connectivity index (χ1n) is 8.59. The zero-order chi connectivity index (χ0) is 17.7. The number of amides is 1. The Morgan fingerprint density at radius 1 is 1.08 bits per heavy atom. The van der Waals surface area contributed by atoms with Gasteiger partial charge in [0.05, 0.1) is 0 Å². The fraction of sp³-hybridized carbons (Fsp3) is 0.611. The molecule has 6 nitrogen and oxygen atoms in total. The van der Waals surface area contributed by atoms with Crippen LogP contribution in [0.15, 0.2) is 24.3 Å². The largest absolute Gasteiger partial charge is 0.443 e. The van der Waals surface area contributed by atoms with E-state index in [0.717, 1.165) is 31.9 Å². The van der Waals surface area contributed by atoms with E-state index >= 15 is 0 Å². The van der Waals surface area contributed by atoms with Gasteiger partial charge in [-0.15, -0.1) is 0 Å². The lowest BCUT2D eigenvalue weighted by Gasteiger charge is -2.36. The second-order valence-corrected chi connectivity index (χ2v) is 7.43. The first-order valence-corrected chi connectivity index (χ1v) is 8.59. The lowest BCUT2D eigenvalue weighted by Crippen LogP contribution is -2.54. The van der Waals surface area contributed by atoms with Crippen LogP contribution in [0.1, 0.15) is 34.6 Å². The highest BCUT2D eigenvalue weighted by molar-refractivity contribution is 5.67. The summed E-state index contributed by atoms with van der Waals surface area (Å²) in [5.74, 6) is 0. The molecule has 0 bridgehead atoms. The van der Waals surface area contributed by atoms with Crippen molar-refractivity contribution in [1.29, 1.82) is 0 Å². The minimum Gasteiger partial charge on any atom is -0.443 e. The Labute approximate surface area is 145 Å². The van der Waals surface area contributed by atoms with Gasteiger partial charge in [-0.2, -0.15) is 0 Å². The van der Waals surface area contributed by atoms with Gasteiger partial charge >= 0.3 is 6.09 Å². The Balaban J connectivity index is 1.81. The van der Waals surface area contributed by atoms with E-state index in [1.165, 1.54) is 5.69 Å². The van der Waals surface area contributed by atoms with Crippen LogP contribution in [0.3, 0.4) is 0 Å². The number of piperazine rings is 1. The quantitative estimate of drug-likeness (QED) is 0.886. The van der Waals surface area contributed by atoms with E-state index < -0.39 is 5.60 Å². The van der Waals surface area contributed by atoms with Gasteiger partial charge in [0, 0.05) is 43.6 Å². The molecule has 0 unspecified atom stereocenters. The van der Waals surface area contributed by atoms with Gasteiger partial charge in [-0.25, -0.2) is 9.80 Å². The van der Waals surface area contributed by atoms with Crippen LogP contribution in [0, 0.1) is 0 Å². The van der Waals surface area contributed by atoms with Crippen LogP contribution in [-0.2, 0) is 4.74 Å². The van der Waals surface area contributed by atoms with E-state index in [-0.39, 0.29) is 6.09 Å². The van der Waals surface area contributed by atoms with Crippen molar-refractivity contribution in [2.75, 3.05) is 36.4 Å². The van der Waals surface area contributed by atoms with Crippen LogP contribution < -0.4 is 15.6 Å². The standard InChI is InChI=1S/C18H30N4O2/c1-14(2)19-15-6-8-16(9-7-15)21-10-12-22(13-11-21)20-17(23)24-18(3,4)5/h6-9,14,19H,10-13H2,1-5H3,(H,20,23). The van der Waals surface area contributed by atoms with Crippen LogP contribution in [0.2, 0.25) is 0 Å². The number of nitrogens with zero attached hydrogens (tertiary/aromatic N) is 2. The van der Waals surface area contributed by atoms with Gasteiger partial charge in [-0.3, -0.25) is 5.43 Å². The van der Waals surface area contributed by atoms with Gasteiger partial charge in [0.15, 0.2) is 0 Å². The van der Waals surface area contributed by atoms with Crippen LogP contribution in [0.25, 0.3) is 0 Å². The molecule has 0 spiro atoms. The second kappa shape index (κ2) is 7.75. The van der Waals surface area contributed by atoms with E-state index in [4.69, 9.17) is 4.74 Å². The smallest absolute Gasteiger partial charge is 0.422 e. The Kier molecular flexibility index (Phi) is 5.94. The summed E-state index contributed by atoms with van der Waals surface area (Å²) in [6.07, 6.45) is -0.389. The average Bonchev–Trinajstić information content (AvgIpc) is 2.46. The zero-order valence-electron chi connectivity index (χ0n) is 15.4. The van der Waals surface area contributed by atoms with Crippen molar-refractivity contribution in [2.24, 2.45) is 0 Å². The van der Waals surface area contributed by atoms with Crippen LogP contribution >= 0.6 is 0 Å². The molecule has 1 fully saturated rings. The van der Waals surface area contributed by atoms with Gasteiger partial charge < -0.3 is 15.0 Å². The molecule has 0 aromatic heterocycles. The number of carbonyl (C=O) groups is 1. The summed E-state index contributed by atoms with van der Waals surface area (Å²) in [7, 11) is 0. The molecule has 1 amide bonds. The molecule has 1 heterocycles. The normalized spacial score (nSPS) is 16.2. The number of hydrogen-bond acceptors (Lipinski definition) is 5. The van der Waals surface area contributed by atoms with Crippen molar-refractivity contribution < 1.29 is 9.53 Å². The molecule has 1 saturated heterocycles. The number of rotatable bonds is 4. The van der Waals surface area contributed by atoms with E-state index in [0.29, 0.717) is 6.04 Å². The van der Waals surface area contributed by atoms with Crippen LogP contribution in [0.5, 0.6) is 0 Å². The maximum atomic E-state index is 11.8. The molecule has 6 heteroatoms. The maximum absolute atomic E-state index is 11.8. The summed E-state index contributed by atoms with van der Waals surface area (Å²) in [5.41, 5.74) is 4.69. The number of nitrogens with one attached hydrogen (secondary N) is 2. The fourth-order valence-corrected chi connectivity index (χ4v) is 2.61. The third-order valence-electron chi connectivity index (χ3n) is 3.62. The Morgan fingerprint density at radius 2 is 1.67 bits per heavy atom. The maximum Gasteiger partial charge on any atom is 0.422 e. The van der Waals surface area contributed by atoms with E-state index in [2.05, 4.69) is 53.8 Å². The number of anilines is 2. The molecule has 1 aromatic carbocycles. The fourth-order valence-electron chi connectivity index (χ4n) is 2.61. The monoisotopic (exact) mass is 334 g/mol. The number of hydrazine groups is 1. The third-order valence-corrected chi connectivity index (χ3v) is 3.62. The SMILES string of the molecule is CC(C)Nc1ccc(N2CCN(NC(=O)OC(C)(C)C)CC2)cc1. The highest BCUT2D eigenvalue weighted by atomic mass is 16.6. The zero-order valence-corrected chi connectivity index (χ0v) is 15.4. The van der Waals surface area contributed by atoms with Crippen molar-refractivity contribution in [2.45, 2.75) is 46.3 Å². The van der Waals surface area contributed by atoms with Crippen LogP contribution in [-0.4, -0.2) is 48.9 Å². The number of carbonyl (C=O) groups excluding carboxylic acids is 1. The minimum absolute atomic E-state index is 0.389. The molecule has 0 radical (unpaired) electrons. The molecular formula is C18H30N4O2. The molecule has 0 aliphatic carbocycles. The summed E-state index contributed by atoms with van der Waals surface area (Å²) in [5, 5.41) is 5.31. The van der Waals surface area contributed by atoms with Gasteiger partial charge in [0.1, 0.15) is 5.60 Å². The van der Waals surface area contributed by atoms with Crippen molar-refractivity contribution >= 4 is 17.5 Å². The van der Waals surface area contributed by atoms with Crippen molar-refractivity contribution in [3.05, 3.63) is 24.3 Å². The van der Waals surface area contributed by atoms with Gasteiger partial charge in [0.2, 0.25) is 0 Å². The van der Waals surface area contributed by atoms with E-state index in [1.807, 2.05) is 25.8 Å². The minimum atomic E-state index is -0.475. The molecule has 0 saturated carbocycles. The Bertz CT molecular complexity index is 529. The molecule has 1 aromatic rings. The summed E-state index contributed by atoms with van der Waals surface area (Å²) < 4.78 is 5.28. The molecule has 2 N–H and O–H groups in total. The molecule has 0 atom stereocenters. The molecule has 24 heavy (non-hydrogen) atoms. The number of hydrogen-bond donors (Lipinski definition) is 2. The van der Waals surface area contributed by atoms with Crippen molar-refractivity contribution in [1.82, 2.24) is 10.4 Å². The highest BCUT2D eigenvalue weighted by Crippen LogP contribution is 2.19. The summed E-state index contributed by atoms with van der Waals surface area (Å²) in [6.45, 7) is 13.1. The van der Waals surface area contributed by atoms with Gasteiger partial charge in [-0.05, 0) is 58.9 Å². The topological polar surface area (TPSA) is 56.8 Å². The highest BCUT2D eigenvalue weighted by Gasteiger charge is 2.22. The predicted octanol–water partition coefficient (Wildman–Crippen LogP) is 3.07. The van der Waals surface area contributed by atoms with Crippen LogP contribution in [0.4, 0.5) is 16.2 Å². The molecule has 134 valence electrons. The molecule has 1 aliphatic rings. The van der Waals surface area contributed by atoms with E-state index in [9.17, 15) is 4.79 Å². The molecule has 2 rings (SSSR count). The summed E-state index contributed by atoms with van der Waals surface area (Å²) >= 11 is 0. The third kappa shape index (κ3) is 5.92. The summed E-state index contributed by atoms with van der Waals surface area (Å²) in [4.78, 5) is 14.1. The lowest BCUT2D eigenvalue weighted by atomic mass is 10.2. The second-order valence-electron chi connectivity index (χ2n) is 7.43. The van der Waals surface area contributed by atoms with Gasteiger partial charge in [0.25, 0.3) is 0 Å². The van der Waals surface area contributed by atoms with E-state index in [1.54, 1.807) is 0 Å². The van der Waals surface area contributed by atoms with Crippen molar-refractivity contribution in [3.8, 4) is 0 Å².